The van der Waals surface area contributed by atoms with E-state index in [2.05, 4.69) is 24.5 Å². The summed E-state index contributed by atoms with van der Waals surface area (Å²) in [7, 11) is 1.60. The average molecular weight is 460 g/mol. The highest BCUT2D eigenvalue weighted by atomic mass is 32.2. The van der Waals surface area contributed by atoms with Gasteiger partial charge in [-0.25, -0.2) is 0 Å². The van der Waals surface area contributed by atoms with Crippen molar-refractivity contribution in [2.45, 2.75) is 55.2 Å². The van der Waals surface area contributed by atoms with E-state index < -0.39 is 28.7 Å². The summed E-state index contributed by atoms with van der Waals surface area (Å²) in [6, 6.07) is 7.99. The molecule has 3 N–H and O–H groups in total. The van der Waals surface area contributed by atoms with Crippen LogP contribution in [0.15, 0.2) is 30.3 Å². The number of nitrogens with one attached hydrogen (secondary N) is 2. The van der Waals surface area contributed by atoms with Gasteiger partial charge in [-0.2, -0.15) is 0 Å². The Morgan fingerprint density at radius 3 is 2.62 bits per heavy atom. The van der Waals surface area contributed by atoms with Crippen LogP contribution in [0.25, 0.3) is 0 Å². The monoisotopic (exact) mass is 459 g/mol. The number of thioether (sulfide) groups is 1. The third-order valence-corrected chi connectivity index (χ3v) is 9.58. The molecule has 0 radical (unpaired) electrons. The van der Waals surface area contributed by atoms with Gasteiger partial charge in [0, 0.05) is 18.8 Å². The van der Waals surface area contributed by atoms with Gasteiger partial charge in [0.05, 0.1) is 29.2 Å². The molecule has 3 fully saturated rings. The van der Waals surface area contributed by atoms with E-state index in [-0.39, 0.29) is 35.5 Å². The molecule has 8 heteroatoms. The molecule has 3 saturated heterocycles. The van der Waals surface area contributed by atoms with Crippen molar-refractivity contribution < 1.29 is 19.5 Å². The maximum absolute atomic E-state index is 14.0. The standard InChI is InChI=1S/C24H33N3O4S/c1-4-5-11-26-22(30)20-24-14(2)12-17(32-24)18(21(29)25-3)19(24)23(31)27(20)16(13-28)15-9-7-6-8-10-15/h6-10,14,16-20,28H,4-5,11-13H2,1-3H3,(H,25,29)(H,26,30)/t14?,16-,17-,18+,19+,20?,24?/m1/s1. The van der Waals surface area contributed by atoms with Gasteiger partial charge in [-0.3, -0.25) is 14.4 Å². The van der Waals surface area contributed by atoms with Crippen molar-refractivity contribution in [3.8, 4) is 0 Å². The summed E-state index contributed by atoms with van der Waals surface area (Å²) in [5.74, 6) is -1.43. The minimum absolute atomic E-state index is 0.0243. The smallest absolute Gasteiger partial charge is 0.244 e. The molecule has 174 valence electrons. The summed E-state index contributed by atoms with van der Waals surface area (Å²) >= 11 is 1.65. The molecule has 7 nitrogen and oxygen atoms in total. The zero-order valence-electron chi connectivity index (χ0n) is 18.9. The average Bonchev–Trinajstić information content (AvgIpc) is 3.39. The SMILES string of the molecule is CCCCNC(=O)C1N([C@H](CO)c2ccccc2)C(=O)[C@@H]2[C@@H](C(=O)NC)[C@H]3CC(C)C12S3. The van der Waals surface area contributed by atoms with Gasteiger partial charge in [-0.05, 0) is 24.3 Å². The van der Waals surface area contributed by atoms with Gasteiger partial charge in [0.2, 0.25) is 17.7 Å². The van der Waals surface area contributed by atoms with Crippen LogP contribution in [0.4, 0.5) is 0 Å². The molecule has 1 spiro atoms. The van der Waals surface area contributed by atoms with E-state index in [4.69, 9.17) is 0 Å². The lowest BCUT2D eigenvalue weighted by Crippen LogP contribution is -2.57. The van der Waals surface area contributed by atoms with Crippen molar-refractivity contribution in [3.05, 3.63) is 35.9 Å². The third kappa shape index (κ3) is 3.34. The molecule has 0 aliphatic carbocycles. The van der Waals surface area contributed by atoms with Crippen molar-refractivity contribution in [2.75, 3.05) is 20.2 Å². The molecule has 3 aliphatic heterocycles. The lowest BCUT2D eigenvalue weighted by molar-refractivity contribution is -0.142. The van der Waals surface area contributed by atoms with E-state index in [0.717, 1.165) is 24.8 Å². The Hall–Kier alpha value is -2.06. The van der Waals surface area contributed by atoms with E-state index >= 15 is 0 Å². The van der Waals surface area contributed by atoms with E-state index in [0.29, 0.717) is 6.54 Å². The van der Waals surface area contributed by atoms with Gasteiger partial charge in [-0.15, -0.1) is 11.8 Å². The largest absolute Gasteiger partial charge is 0.394 e. The second-order valence-electron chi connectivity index (χ2n) is 9.17. The number of carbonyl (C=O) groups is 3. The summed E-state index contributed by atoms with van der Waals surface area (Å²) < 4.78 is -0.669. The highest BCUT2D eigenvalue weighted by molar-refractivity contribution is 8.02. The minimum Gasteiger partial charge on any atom is -0.394 e. The number of rotatable bonds is 8. The number of benzene rings is 1. The molecule has 1 aromatic carbocycles. The number of aliphatic hydroxyl groups excluding tert-OH is 1. The summed E-state index contributed by atoms with van der Waals surface area (Å²) in [6.45, 7) is 4.42. The van der Waals surface area contributed by atoms with Crippen molar-refractivity contribution >= 4 is 29.5 Å². The molecule has 3 aliphatic rings. The van der Waals surface area contributed by atoms with Crippen LogP contribution >= 0.6 is 11.8 Å². The van der Waals surface area contributed by atoms with Gasteiger partial charge < -0.3 is 20.6 Å². The predicted octanol–water partition coefficient (Wildman–Crippen LogP) is 1.72. The molecule has 1 aromatic rings. The first-order chi connectivity index (χ1) is 15.4. The number of amides is 3. The number of hydrogen-bond acceptors (Lipinski definition) is 5. The molecule has 0 aromatic heterocycles. The Bertz CT molecular complexity index is 881. The van der Waals surface area contributed by atoms with Crippen molar-refractivity contribution in [1.29, 1.82) is 0 Å². The van der Waals surface area contributed by atoms with Crippen LogP contribution in [0.3, 0.4) is 0 Å². The topological polar surface area (TPSA) is 98.7 Å². The molecule has 4 rings (SSSR count). The third-order valence-electron chi connectivity index (χ3n) is 7.50. The first-order valence-electron chi connectivity index (χ1n) is 11.6. The summed E-state index contributed by atoms with van der Waals surface area (Å²) in [5, 5.41) is 16.2. The fourth-order valence-corrected chi connectivity index (χ4v) is 8.48. The fourth-order valence-electron chi connectivity index (χ4n) is 6.08. The van der Waals surface area contributed by atoms with Crippen LogP contribution in [-0.4, -0.2) is 64.0 Å². The molecular weight excluding hydrogens is 426 g/mol. The van der Waals surface area contributed by atoms with Crippen LogP contribution in [0.1, 0.15) is 44.7 Å². The van der Waals surface area contributed by atoms with Crippen LogP contribution in [0.2, 0.25) is 0 Å². The molecular formula is C24H33N3O4S. The number of nitrogens with zero attached hydrogens (tertiary/aromatic N) is 1. The second-order valence-corrected chi connectivity index (χ2v) is 10.7. The van der Waals surface area contributed by atoms with Gasteiger partial charge >= 0.3 is 0 Å². The van der Waals surface area contributed by atoms with E-state index in [1.807, 2.05) is 30.3 Å². The summed E-state index contributed by atoms with van der Waals surface area (Å²) in [5.41, 5.74) is 0.787. The number of unbranched alkanes of at least 4 members (excludes halogenated alkanes) is 1. The van der Waals surface area contributed by atoms with Gasteiger partial charge in [0.25, 0.3) is 0 Å². The highest BCUT2D eigenvalue weighted by Crippen LogP contribution is 2.69. The first kappa shape index (κ1) is 23.1. The van der Waals surface area contributed by atoms with Crippen molar-refractivity contribution in [2.24, 2.45) is 17.8 Å². The van der Waals surface area contributed by atoms with Gasteiger partial charge in [0.15, 0.2) is 0 Å². The first-order valence-corrected chi connectivity index (χ1v) is 12.4. The van der Waals surface area contributed by atoms with E-state index in [1.54, 1.807) is 23.7 Å². The Morgan fingerprint density at radius 1 is 1.28 bits per heavy atom. The molecule has 2 bridgehead atoms. The van der Waals surface area contributed by atoms with E-state index in [1.165, 1.54) is 0 Å². The Morgan fingerprint density at radius 2 is 2.00 bits per heavy atom. The minimum atomic E-state index is -0.728. The van der Waals surface area contributed by atoms with Crippen LogP contribution in [0, 0.1) is 17.8 Å². The number of hydrogen-bond donors (Lipinski definition) is 3. The van der Waals surface area contributed by atoms with Gasteiger partial charge in [0.1, 0.15) is 6.04 Å². The molecule has 3 amide bonds. The normalized spacial score (nSPS) is 33.8. The molecule has 3 unspecified atom stereocenters. The van der Waals surface area contributed by atoms with Crippen molar-refractivity contribution in [1.82, 2.24) is 15.5 Å². The lowest BCUT2D eigenvalue weighted by atomic mass is 9.66. The zero-order valence-corrected chi connectivity index (χ0v) is 19.7. The molecule has 0 saturated carbocycles. The van der Waals surface area contributed by atoms with Crippen LogP contribution in [0.5, 0.6) is 0 Å². The highest BCUT2D eigenvalue weighted by Gasteiger charge is 2.76. The number of fused-ring (bicyclic) bond motifs is 1. The van der Waals surface area contributed by atoms with E-state index in [9.17, 15) is 19.5 Å². The molecule has 3 heterocycles. The Labute approximate surface area is 193 Å². The maximum atomic E-state index is 14.0. The lowest BCUT2D eigenvalue weighted by Gasteiger charge is -2.40. The molecule has 7 atom stereocenters. The maximum Gasteiger partial charge on any atom is 0.244 e. The van der Waals surface area contributed by atoms with Crippen molar-refractivity contribution in [3.63, 3.8) is 0 Å². The number of carbonyl (C=O) groups excluding carboxylic acids is 3. The number of likely N-dealkylation sites (tertiary alicyclic amines) is 1. The fraction of sp³-hybridized carbons (Fsp3) is 0.625. The van der Waals surface area contributed by atoms with Gasteiger partial charge in [-0.1, -0.05) is 50.6 Å². The predicted molar refractivity (Wildman–Crippen MR) is 124 cm³/mol. The quantitative estimate of drug-likeness (QED) is 0.514. The van der Waals surface area contributed by atoms with Crippen LogP contribution in [-0.2, 0) is 14.4 Å². The summed E-state index contributed by atoms with van der Waals surface area (Å²) in [4.78, 5) is 42.1. The molecule has 32 heavy (non-hydrogen) atoms. The zero-order chi connectivity index (χ0) is 23.0. The Balaban J connectivity index is 1.80. The second kappa shape index (κ2) is 9.06. The summed E-state index contributed by atoms with van der Waals surface area (Å²) in [6.07, 6.45) is 2.61. The number of aliphatic hydroxyl groups is 1. The van der Waals surface area contributed by atoms with Crippen LogP contribution < -0.4 is 10.6 Å². The Kier molecular flexibility index (Phi) is 6.54.